The van der Waals surface area contributed by atoms with Gasteiger partial charge >= 0.3 is 5.97 Å². The van der Waals surface area contributed by atoms with E-state index in [1.165, 1.54) is 11.8 Å². The van der Waals surface area contributed by atoms with E-state index in [4.69, 9.17) is 0 Å². The van der Waals surface area contributed by atoms with Gasteiger partial charge in [-0.2, -0.15) is 0 Å². The van der Waals surface area contributed by atoms with Crippen molar-refractivity contribution in [3.8, 4) is 0 Å². The van der Waals surface area contributed by atoms with E-state index < -0.39 is 27.8 Å². The van der Waals surface area contributed by atoms with Gasteiger partial charge in [-0.15, -0.1) is 11.8 Å². The minimum absolute atomic E-state index is 0.0504. The van der Waals surface area contributed by atoms with E-state index >= 15 is 0 Å². The van der Waals surface area contributed by atoms with Gasteiger partial charge in [-0.05, 0) is 25.8 Å². The fourth-order valence-corrected chi connectivity index (χ4v) is 6.21. The van der Waals surface area contributed by atoms with Crippen molar-refractivity contribution in [2.24, 2.45) is 0 Å². The number of hydrogen-bond acceptors (Lipinski definition) is 5. The molecule has 2 rings (SSSR count). The van der Waals surface area contributed by atoms with Crippen LogP contribution in [0.4, 0.5) is 0 Å². The normalized spacial score (nSPS) is 20.5. The number of carboxylic acid groups (broad SMARTS) is 1. The monoisotopic (exact) mass is 371 g/mol. The van der Waals surface area contributed by atoms with E-state index in [-0.39, 0.29) is 22.5 Å². The molecule has 1 heterocycles. The van der Waals surface area contributed by atoms with Crippen LogP contribution in [0.3, 0.4) is 0 Å². The number of carbonyl (C=O) groups is 2. The van der Waals surface area contributed by atoms with E-state index in [0.717, 1.165) is 11.1 Å². The maximum atomic E-state index is 12.1. The zero-order chi connectivity index (χ0) is 17.9. The number of amides is 1. The first-order valence-corrected chi connectivity index (χ1v) is 10.5. The Balaban J connectivity index is 1.97. The van der Waals surface area contributed by atoms with Gasteiger partial charge in [-0.1, -0.05) is 29.3 Å². The zero-order valence-corrected chi connectivity index (χ0v) is 15.2. The molecule has 1 fully saturated rings. The summed E-state index contributed by atoms with van der Waals surface area (Å²) in [5.74, 6) is -1.23. The molecule has 1 aromatic carbocycles. The molecule has 2 atom stereocenters. The van der Waals surface area contributed by atoms with Crippen LogP contribution in [0, 0.1) is 13.8 Å². The summed E-state index contributed by atoms with van der Waals surface area (Å²) in [6.07, 6.45) is 0.541. The molecule has 0 bridgehead atoms. The third-order valence-corrected chi connectivity index (χ3v) is 7.05. The van der Waals surface area contributed by atoms with Crippen molar-refractivity contribution in [3.63, 3.8) is 0 Å². The highest BCUT2D eigenvalue weighted by molar-refractivity contribution is 8.02. The molecule has 24 heavy (non-hydrogen) atoms. The minimum atomic E-state index is -2.98. The first kappa shape index (κ1) is 18.8. The number of carbonyl (C=O) groups excluding carboxylic acids is 1. The molecule has 132 valence electrons. The number of benzene rings is 1. The predicted molar refractivity (Wildman–Crippen MR) is 94.0 cm³/mol. The molecule has 1 aliphatic rings. The highest BCUT2D eigenvalue weighted by Gasteiger charge is 2.29. The second-order valence-corrected chi connectivity index (χ2v) is 9.61. The van der Waals surface area contributed by atoms with Crippen LogP contribution in [0.25, 0.3) is 0 Å². The Morgan fingerprint density at radius 3 is 2.42 bits per heavy atom. The molecular formula is C16H21NO5S2. The number of nitrogens with one attached hydrogen (secondary N) is 1. The van der Waals surface area contributed by atoms with Crippen LogP contribution in [0.15, 0.2) is 18.2 Å². The maximum Gasteiger partial charge on any atom is 0.330 e. The highest BCUT2D eigenvalue weighted by atomic mass is 32.2. The van der Waals surface area contributed by atoms with Crippen molar-refractivity contribution in [2.45, 2.75) is 31.6 Å². The molecule has 8 heteroatoms. The summed E-state index contributed by atoms with van der Waals surface area (Å²) in [6, 6.07) is 4.30. The van der Waals surface area contributed by atoms with Crippen LogP contribution in [-0.2, 0) is 19.4 Å². The van der Waals surface area contributed by atoms with E-state index in [1.807, 2.05) is 19.9 Å². The van der Waals surface area contributed by atoms with Gasteiger partial charge in [0, 0.05) is 5.25 Å². The number of sulfone groups is 1. The summed E-state index contributed by atoms with van der Waals surface area (Å²) in [6.45, 7) is 3.74. The minimum Gasteiger partial charge on any atom is -0.479 e. The van der Waals surface area contributed by atoms with Crippen LogP contribution in [0.1, 0.15) is 29.2 Å². The van der Waals surface area contributed by atoms with Crippen molar-refractivity contribution >= 4 is 33.5 Å². The lowest BCUT2D eigenvalue weighted by Gasteiger charge is -2.17. The van der Waals surface area contributed by atoms with Gasteiger partial charge in [0.2, 0.25) is 5.91 Å². The van der Waals surface area contributed by atoms with Crippen LogP contribution >= 0.6 is 11.8 Å². The standard InChI is InChI=1S/C16H21NO5S2/c1-10-5-11(2)7-12(6-10)15(16(19)20)17-14(18)8-23-13-3-4-24(21,22)9-13/h5-7,13,15H,3-4,8-9H2,1-2H3,(H,17,18)(H,19,20). The van der Waals surface area contributed by atoms with E-state index in [0.29, 0.717) is 12.0 Å². The molecule has 1 aromatic rings. The second-order valence-electron chi connectivity index (χ2n) is 6.10. The maximum absolute atomic E-state index is 12.1. The Hall–Kier alpha value is -1.54. The summed E-state index contributed by atoms with van der Waals surface area (Å²) < 4.78 is 22.8. The highest BCUT2D eigenvalue weighted by Crippen LogP contribution is 2.24. The van der Waals surface area contributed by atoms with Crippen LogP contribution < -0.4 is 5.32 Å². The van der Waals surface area contributed by atoms with Crippen LogP contribution in [0.2, 0.25) is 0 Å². The zero-order valence-electron chi connectivity index (χ0n) is 13.6. The molecule has 2 N–H and O–H groups in total. The van der Waals surface area contributed by atoms with Gasteiger partial charge in [-0.3, -0.25) is 4.79 Å². The first-order valence-electron chi connectivity index (χ1n) is 7.59. The van der Waals surface area contributed by atoms with Gasteiger partial charge in [0.1, 0.15) is 0 Å². The summed E-state index contributed by atoms with van der Waals surface area (Å²) >= 11 is 1.27. The number of carboxylic acids is 1. The Kier molecular flexibility index (Phi) is 5.92. The fourth-order valence-electron chi connectivity index (χ4n) is 2.75. The van der Waals surface area contributed by atoms with Crippen molar-refractivity contribution in [2.75, 3.05) is 17.3 Å². The average Bonchev–Trinajstić information content (AvgIpc) is 2.80. The molecule has 2 unspecified atom stereocenters. The Labute approximate surface area is 145 Å². The number of hydrogen-bond donors (Lipinski definition) is 2. The largest absolute Gasteiger partial charge is 0.479 e. The lowest BCUT2D eigenvalue weighted by Crippen LogP contribution is -2.35. The lowest BCUT2D eigenvalue weighted by atomic mass is 10.0. The molecule has 0 aliphatic carbocycles. The van der Waals surface area contributed by atoms with E-state index in [1.54, 1.807) is 12.1 Å². The van der Waals surface area contributed by atoms with Crippen molar-refractivity contribution in [3.05, 3.63) is 34.9 Å². The van der Waals surface area contributed by atoms with E-state index in [2.05, 4.69) is 5.32 Å². The van der Waals surface area contributed by atoms with Gasteiger partial charge in [0.25, 0.3) is 0 Å². The first-order chi connectivity index (χ1) is 11.2. The molecule has 6 nitrogen and oxygen atoms in total. The van der Waals surface area contributed by atoms with Crippen molar-refractivity contribution in [1.82, 2.24) is 5.32 Å². The summed E-state index contributed by atoms with van der Waals surface area (Å²) in [5, 5.41) is 11.8. The smallest absolute Gasteiger partial charge is 0.330 e. The Morgan fingerprint density at radius 1 is 1.29 bits per heavy atom. The molecule has 1 aliphatic heterocycles. The third kappa shape index (κ3) is 5.24. The summed E-state index contributed by atoms with van der Waals surface area (Å²) in [7, 11) is -2.98. The Bertz CT molecular complexity index is 725. The predicted octanol–water partition coefficient (Wildman–Crippen LogP) is 1.47. The number of rotatable bonds is 6. The van der Waals surface area contributed by atoms with Gasteiger partial charge in [0.05, 0.1) is 17.3 Å². The number of aryl methyl sites for hydroxylation is 2. The van der Waals surface area contributed by atoms with Gasteiger partial charge in [-0.25, -0.2) is 13.2 Å². The van der Waals surface area contributed by atoms with Crippen LogP contribution in [0.5, 0.6) is 0 Å². The molecule has 0 spiro atoms. The summed E-state index contributed by atoms with van der Waals surface area (Å²) in [5.41, 5.74) is 2.38. The summed E-state index contributed by atoms with van der Waals surface area (Å²) in [4.78, 5) is 23.6. The van der Waals surface area contributed by atoms with Crippen molar-refractivity contribution < 1.29 is 23.1 Å². The molecule has 0 saturated carbocycles. The molecular weight excluding hydrogens is 350 g/mol. The van der Waals surface area contributed by atoms with Crippen LogP contribution in [-0.4, -0.2) is 47.9 Å². The van der Waals surface area contributed by atoms with Gasteiger partial charge < -0.3 is 10.4 Å². The van der Waals surface area contributed by atoms with Gasteiger partial charge in [0.15, 0.2) is 15.9 Å². The second kappa shape index (κ2) is 7.57. The number of thioether (sulfide) groups is 1. The third-order valence-electron chi connectivity index (χ3n) is 3.77. The fraction of sp³-hybridized carbons (Fsp3) is 0.500. The molecule has 0 radical (unpaired) electrons. The molecule has 1 saturated heterocycles. The van der Waals surface area contributed by atoms with Crippen molar-refractivity contribution in [1.29, 1.82) is 0 Å². The molecule has 1 amide bonds. The Morgan fingerprint density at radius 2 is 1.92 bits per heavy atom. The lowest BCUT2D eigenvalue weighted by molar-refractivity contribution is -0.141. The molecule has 0 aromatic heterocycles. The quantitative estimate of drug-likeness (QED) is 0.785. The van der Waals surface area contributed by atoms with E-state index in [9.17, 15) is 23.1 Å². The topological polar surface area (TPSA) is 101 Å². The number of aliphatic carboxylic acids is 1. The average molecular weight is 371 g/mol. The SMILES string of the molecule is Cc1cc(C)cc(C(NC(=O)CSC2CCS(=O)(=O)C2)C(=O)O)c1.